The molecule has 20 heavy (non-hydrogen) atoms. The third-order valence-electron chi connectivity index (χ3n) is 4.35. The van der Waals surface area contributed by atoms with Crippen molar-refractivity contribution in [2.75, 3.05) is 5.73 Å². The molecule has 1 saturated carbocycles. The molecule has 0 aliphatic heterocycles. The molecule has 0 radical (unpaired) electrons. The van der Waals surface area contributed by atoms with E-state index in [2.05, 4.69) is 10.3 Å². The average molecular weight is 295 g/mol. The number of amides is 1. The maximum Gasteiger partial charge on any atom is 0.223 e. The standard InChI is InChI=1S/C14H21N3O2S/c15-13-17-10-4-3-9(7-11(10)20-13)16-12(18)8-14(19)5-1-2-6-14/h9,19H,1-8H2,(H2,15,17)(H,16,18)/t9-/m0/s1. The van der Waals surface area contributed by atoms with Crippen LogP contribution in [0.1, 0.15) is 49.1 Å². The van der Waals surface area contributed by atoms with Crippen molar-refractivity contribution < 1.29 is 9.90 Å². The van der Waals surface area contributed by atoms with E-state index in [9.17, 15) is 9.90 Å². The molecule has 0 saturated heterocycles. The Balaban J connectivity index is 1.55. The molecule has 0 unspecified atom stereocenters. The van der Waals surface area contributed by atoms with Crippen LogP contribution < -0.4 is 11.1 Å². The number of nitrogens with zero attached hydrogens (tertiary/aromatic N) is 1. The van der Waals surface area contributed by atoms with Gasteiger partial charge in [-0.3, -0.25) is 4.79 Å². The van der Waals surface area contributed by atoms with Crippen LogP contribution in [-0.2, 0) is 17.6 Å². The Labute approximate surface area is 122 Å². The highest BCUT2D eigenvalue weighted by atomic mass is 32.1. The first-order valence-corrected chi connectivity index (χ1v) is 8.11. The SMILES string of the molecule is Nc1nc2c(s1)C[C@@H](NC(=O)CC1(O)CCCC1)CC2. The number of carbonyl (C=O) groups is 1. The predicted octanol–water partition coefficient (Wildman–Crippen LogP) is 1.39. The number of nitrogens with two attached hydrogens (primary N) is 1. The lowest BCUT2D eigenvalue weighted by Gasteiger charge is -2.26. The van der Waals surface area contributed by atoms with Crippen molar-refractivity contribution in [2.24, 2.45) is 0 Å². The van der Waals surface area contributed by atoms with Crippen LogP contribution in [0.2, 0.25) is 0 Å². The number of fused-ring (bicyclic) bond motifs is 1. The number of hydrogen-bond acceptors (Lipinski definition) is 5. The third kappa shape index (κ3) is 2.96. The van der Waals surface area contributed by atoms with Crippen molar-refractivity contribution in [1.29, 1.82) is 0 Å². The largest absolute Gasteiger partial charge is 0.389 e. The van der Waals surface area contributed by atoms with Crippen molar-refractivity contribution >= 4 is 22.4 Å². The monoisotopic (exact) mass is 295 g/mol. The number of aryl methyl sites for hydroxylation is 1. The number of thiazole rings is 1. The first kappa shape index (κ1) is 13.8. The summed E-state index contributed by atoms with van der Waals surface area (Å²) < 4.78 is 0. The Morgan fingerprint density at radius 1 is 1.50 bits per heavy atom. The van der Waals surface area contributed by atoms with Crippen molar-refractivity contribution in [1.82, 2.24) is 10.3 Å². The number of nitrogen functional groups attached to an aromatic ring is 1. The molecule has 0 aromatic carbocycles. The maximum absolute atomic E-state index is 12.1. The molecule has 1 aromatic heterocycles. The molecule has 5 nitrogen and oxygen atoms in total. The first-order valence-electron chi connectivity index (χ1n) is 7.30. The van der Waals surface area contributed by atoms with Crippen molar-refractivity contribution in [3.8, 4) is 0 Å². The average Bonchev–Trinajstić information content (AvgIpc) is 2.93. The molecule has 3 rings (SSSR count). The zero-order valence-electron chi connectivity index (χ0n) is 11.5. The van der Waals surface area contributed by atoms with Crippen LogP contribution >= 0.6 is 11.3 Å². The number of hydrogen-bond donors (Lipinski definition) is 3. The second-order valence-corrected chi connectivity index (χ2v) is 7.15. The zero-order chi connectivity index (χ0) is 14.2. The van der Waals surface area contributed by atoms with Gasteiger partial charge in [-0.15, -0.1) is 11.3 Å². The van der Waals surface area contributed by atoms with Gasteiger partial charge in [0.05, 0.1) is 17.7 Å². The fraction of sp³-hybridized carbons (Fsp3) is 0.714. The number of aliphatic hydroxyl groups is 1. The minimum absolute atomic E-state index is 0.0275. The van der Waals surface area contributed by atoms with Crippen molar-refractivity contribution in [3.05, 3.63) is 10.6 Å². The highest BCUT2D eigenvalue weighted by Crippen LogP contribution is 2.32. The molecule has 2 aliphatic rings. The molecule has 2 aliphatic carbocycles. The molecule has 1 fully saturated rings. The molecule has 1 atom stereocenters. The number of anilines is 1. The summed E-state index contributed by atoms with van der Waals surface area (Å²) in [6.45, 7) is 0. The van der Waals surface area contributed by atoms with Gasteiger partial charge in [0, 0.05) is 17.3 Å². The lowest BCUT2D eigenvalue weighted by molar-refractivity contribution is -0.126. The van der Waals surface area contributed by atoms with E-state index in [1.807, 2.05) is 0 Å². The van der Waals surface area contributed by atoms with Gasteiger partial charge in [-0.2, -0.15) is 0 Å². The van der Waals surface area contributed by atoms with E-state index in [0.29, 0.717) is 5.13 Å². The molecule has 1 amide bonds. The Bertz CT molecular complexity index is 509. The summed E-state index contributed by atoms with van der Waals surface area (Å²) in [5, 5.41) is 13.9. The van der Waals surface area contributed by atoms with Crippen LogP contribution in [0.15, 0.2) is 0 Å². The highest BCUT2D eigenvalue weighted by molar-refractivity contribution is 7.15. The normalized spacial score (nSPS) is 24.4. The van der Waals surface area contributed by atoms with Gasteiger partial charge in [0.15, 0.2) is 5.13 Å². The lowest BCUT2D eigenvalue weighted by atomic mass is 9.95. The van der Waals surface area contributed by atoms with Crippen LogP contribution in [0.5, 0.6) is 0 Å². The van der Waals surface area contributed by atoms with Crippen LogP contribution in [-0.4, -0.2) is 27.6 Å². The third-order valence-corrected chi connectivity index (χ3v) is 5.29. The fourth-order valence-electron chi connectivity index (χ4n) is 3.31. The second kappa shape index (κ2) is 5.33. The molecule has 0 bridgehead atoms. The van der Waals surface area contributed by atoms with Gasteiger partial charge in [-0.05, 0) is 25.7 Å². The second-order valence-electron chi connectivity index (χ2n) is 6.04. The van der Waals surface area contributed by atoms with Gasteiger partial charge >= 0.3 is 0 Å². The zero-order valence-corrected chi connectivity index (χ0v) is 12.3. The van der Waals surface area contributed by atoms with E-state index >= 15 is 0 Å². The quantitative estimate of drug-likeness (QED) is 0.786. The Kier molecular flexibility index (Phi) is 3.69. The summed E-state index contributed by atoms with van der Waals surface area (Å²) in [4.78, 5) is 17.6. The molecule has 0 spiro atoms. The van der Waals surface area contributed by atoms with Crippen molar-refractivity contribution in [3.63, 3.8) is 0 Å². The summed E-state index contributed by atoms with van der Waals surface area (Å²) in [5.41, 5.74) is 6.04. The predicted molar refractivity (Wildman–Crippen MR) is 78.5 cm³/mol. The number of rotatable bonds is 3. The minimum Gasteiger partial charge on any atom is -0.389 e. The summed E-state index contributed by atoms with van der Waals surface area (Å²) in [7, 11) is 0. The maximum atomic E-state index is 12.1. The van der Waals surface area contributed by atoms with E-state index < -0.39 is 5.60 Å². The number of nitrogens with one attached hydrogen (secondary N) is 1. The summed E-state index contributed by atoms with van der Waals surface area (Å²) in [6, 6.07) is 0.153. The number of aromatic nitrogens is 1. The topological polar surface area (TPSA) is 88.2 Å². The van der Waals surface area contributed by atoms with E-state index in [0.717, 1.165) is 50.6 Å². The molecule has 1 aromatic rings. The van der Waals surface area contributed by atoms with Gasteiger partial charge in [-0.25, -0.2) is 4.98 Å². The van der Waals surface area contributed by atoms with Crippen molar-refractivity contribution in [2.45, 2.75) is 63.0 Å². The van der Waals surface area contributed by atoms with Gasteiger partial charge < -0.3 is 16.2 Å². The van der Waals surface area contributed by atoms with Gasteiger partial charge in [-0.1, -0.05) is 12.8 Å². The van der Waals surface area contributed by atoms with Gasteiger partial charge in [0.1, 0.15) is 0 Å². The van der Waals surface area contributed by atoms with E-state index in [1.165, 1.54) is 16.2 Å². The number of carbonyl (C=O) groups excluding carboxylic acids is 1. The molecular formula is C14H21N3O2S. The van der Waals surface area contributed by atoms with Crippen LogP contribution in [0.3, 0.4) is 0 Å². The Morgan fingerprint density at radius 2 is 2.25 bits per heavy atom. The van der Waals surface area contributed by atoms with Crippen LogP contribution in [0.4, 0.5) is 5.13 Å². The molecule has 4 N–H and O–H groups in total. The molecule has 1 heterocycles. The smallest absolute Gasteiger partial charge is 0.223 e. The van der Waals surface area contributed by atoms with E-state index in [1.54, 1.807) is 0 Å². The first-order chi connectivity index (χ1) is 9.54. The summed E-state index contributed by atoms with van der Waals surface area (Å²) in [6.07, 6.45) is 6.38. The minimum atomic E-state index is -0.765. The van der Waals surface area contributed by atoms with E-state index in [4.69, 9.17) is 5.73 Å². The van der Waals surface area contributed by atoms with Gasteiger partial charge in [0.2, 0.25) is 5.91 Å². The summed E-state index contributed by atoms with van der Waals surface area (Å²) >= 11 is 1.52. The molecule has 110 valence electrons. The Morgan fingerprint density at radius 3 is 3.00 bits per heavy atom. The highest BCUT2D eigenvalue weighted by Gasteiger charge is 2.34. The Hall–Kier alpha value is -1.14. The lowest BCUT2D eigenvalue weighted by Crippen LogP contribution is -2.42. The van der Waals surface area contributed by atoms with Gasteiger partial charge in [0.25, 0.3) is 0 Å². The molecule has 6 heteroatoms. The fourth-order valence-corrected chi connectivity index (χ4v) is 4.26. The summed E-state index contributed by atoms with van der Waals surface area (Å²) in [5.74, 6) is -0.0275. The van der Waals surface area contributed by atoms with Crippen LogP contribution in [0, 0.1) is 0 Å². The van der Waals surface area contributed by atoms with E-state index in [-0.39, 0.29) is 18.4 Å². The van der Waals surface area contributed by atoms with Crippen LogP contribution in [0.25, 0.3) is 0 Å². The molecular weight excluding hydrogens is 274 g/mol.